The molecule has 24 heavy (non-hydrogen) atoms. The highest BCUT2D eigenvalue weighted by molar-refractivity contribution is 5.90. The number of nitrogens with zero attached hydrogens (tertiary/aromatic N) is 2. The number of aromatic nitrogens is 2. The first-order valence-electron chi connectivity index (χ1n) is 8.76. The lowest BCUT2D eigenvalue weighted by Crippen LogP contribution is -2.14. The molecule has 1 saturated carbocycles. The zero-order chi connectivity index (χ0) is 16.8. The number of hydrogen-bond donors (Lipinski definition) is 1. The van der Waals surface area contributed by atoms with Crippen LogP contribution < -0.4 is 5.32 Å². The Hall–Kier alpha value is -2.17. The molecule has 0 saturated heterocycles. The maximum Gasteiger partial charge on any atom is 0.224 e. The highest BCUT2D eigenvalue weighted by atomic mass is 19.1. The van der Waals surface area contributed by atoms with Crippen molar-refractivity contribution < 1.29 is 9.18 Å². The average Bonchev–Trinajstić information content (AvgIpc) is 3.01. The average molecular weight is 329 g/mol. The second-order valence-corrected chi connectivity index (χ2v) is 6.65. The van der Waals surface area contributed by atoms with E-state index >= 15 is 0 Å². The summed E-state index contributed by atoms with van der Waals surface area (Å²) < 4.78 is 14.9. The Bertz CT molecular complexity index is 677. The number of amides is 1. The van der Waals surface area contributed by atoms with E-state index in [1.165, 1.54) is 44.2 Å². The minimum atomic E-state index is -0.254. The second-order valence-electron chi connectivity index (χ2n) is 6.65. The van der Waals surface area contributed by atoms with Crippen molar-refractivity contribution in [3.8, 4) is 0 Å². The molecule has 5 heteroatoms. The smallest absolute Gasteiger partial charge is 0.224 e. The van der Waals surface area contributed by atoms with Crippen LogP contribution >= 0.6 is 0 Å². The monoisotopic (exact) mass is 329 g/mol. The molecule has 1 N–H and O–H groups in total. The maximum absolute atomic E-state index is 13.2. The fourth-order valence-corrected chi connectivity index (χ4v) is 3.37. The van der Waals surface area contributed by atoms with Gasteiger partial charge in [0.2, 0.25) is 5.91 Å². The van der Waals surface area contributed by atoms with Crippen molar-refractivity contribution in [2.24, 2.45) is 5.92 Å². The van der Waals surface area contributed by atoms with Gasteiger partial charge in [0, 0.05) is 12.6 Å². The highest BCUT2D eigenvalue weighted by Gasteiger charge is 2.15. The molecule has 1 amide bonds. The van der Waals surface area contributed by atoms with Crippen LogP contribution in [-0.2, 0) is 11.3 Å². The summed E-state index contributed by atoms with van der Waals surface area (Å²) in [5.74, 6) is 0.502. The van der Waals surface area contributed by atoms with Gasteiger partial charge in [-0.05, 0) is 30.0 Å². The molecule has 1 aromatic heterocycles. The summed E-state index contributed by atoms with van der Waals surface area (Å²) in [6.07, 6.45) is 11.4. The summed E-state index contributed by atoms with van der Waals surface area (Å²) >= 11 is 0. The van der Waals surface area contributed by atoms with Gasteiger partial charge in [-0.1, -0.05) is 44.2 Å². The van der Waals surface area contributed by atoms with E-state index in [9.17, 15) is 9.18 Å². The first-order chi connectivity index (χ1) is 11.7. The maximum atomic E-state index is 13.2. The molecular weight excluding hydrogens is 305 g/mol. The molecule has 1 aliphatic carbocycles. The summed E-state index contributed by atoms with van der Waals surface area (Å²) in [5.41, 5.74) is 1.54. The quantitative estimate of drug-likeness (QED) is 0.855. The van der Waals surface area contributed by atoms with Crippen LogP contribution in [0.15, 0.2) is 36.7 Å². The van der Waals surface area contributed by atoms with Gasteiger partial charge in [0.25, 0.3) is 0 Å². The van der Waals surface area contributed by atoms with Crippen molar-refractivity contribution in [3.05, 3.63) is 48.0 Å². The molecule has 1 fully saturated rings. The number of rotatable bonds is 6. The molecule has 2 aromatic rings. The van der Waals surface area contributed by atoms with E-state index in [4.69, 9.17) is 0 Å². The Labute approximate surface area is 142 Å². The Morgan fingerprint density at radius 2 is 2.12 bits per heavy atom. The lowest BCUT2D eigenvalue weighted by atomic mass is 9.86. The number of nitrogens with one attached hydrogen (secondary N) is 1. The lowest BCUT2D eigenvalue weighted by Gasteiger charge is -2.20. The Morgan fingerprint density at radius 3 is 2.92 bits per heavy atom. The molecule has 0 bridgehead atoms. The van der Waals surface area contributed by atoms with Crippen molar-refractivity contribution in [1.29, 1.82) is 0 Å². The Morgan fingerprint density at radius 1 is 1.29 bits per heavy atom. The van der Waals surface area contributed by atoms with Gasteiger partial charge < -0.3 is 5.32 Å². The first kappa shape index (κ1) is 16.7. The minimum Gasteiger partial charge on any atom is -0.323 e. The van der Waals surface area contributed by atoms with Gasteiger partial charge >= 0.3 is 0 Å². The van der Waals surface area contributed by atoms with E-state index < -0.39 is 0 Å². The van der Waals surface area contributed by atoms with E-state index in [0.29, 0.717) is 24.6 Å². The molecule has 0 atom stereocenters. The van der Waals surface area contributed by atoms with Crippen LogP contribution in [0.25, 0.3) is 0 Å². The molecule has 0 radical (unpaired) electrons. The summed E-state index contributed by atoms with van der Waals surface area (Å²) in [6, 6.07) is 6.45. The predicted molar refractivity (Wildman–Crippen MR) is 92.2 cm³/mol. The zero-order valence-electron chi connectivity index (χ0n) is 13.9. The topological polar surface area (TPSA) is 46.9 Å². The molecule has 0 unspecified atom stereocenters. The van der Waals surface area contributed by atoms with Crippen LogP contribution in [0.1, 0.15) is 50.5 Å². The van der Waals surface area contributed by atoms with Gasteiger partial charge in [-0.2, -0.15) is 5.10 Å². The number of carbonyl (C=O) groups is 1. The minimum absolute atomic E-state index is 0.0471. The molecule has 0 aliphatic heterocycles. The molecule has 1 aromatic carbocycles. The van der Waals surface area contributed by atoms with Crippen molar-refractivity contribution in [3.63, 3.8) is 0 Å². The van der Waals surface area contributed by atoms with Gasteiger partial charge in [-0.15, -0.1) is 0 Å². The van der Waals surface area contributed by atoms with Gasteiger partial charge in [-0.3, -0.25) is 9.48 Å². The number of hydrogen-bond acceptors (Lipinski definition) is 2. The Balaban J connectivity index is 1.47. The van der Waals surface area contributed by atoms with Crippen LogP contribution in [0.5, 0.6) is 0 Å². The van der Waals surface area contributed by atoms with Crippen molar-refractivity contribution in [1.82, 2.24) is 9.78 Å². The number of benzene rings is 1. The fourth-order valence-electron chi connectivity index (χ4n) is 3.37. The van der Waals surface area contributed by atoms with E-state index in [0.717, 1.165) is 12.0 Å². The van der Waals surface area contributed by atoms with Gasteiger partial charge in [0.15, 0.2) is 0 Å². The third-order valence-corrected chi connectivity index (χ3v) is 4.65. The normalized spacial score (nSPS) is 15.4. The van der Waals surface area contributed by atoms with Gasteiger partial charge in [0.05, 0.1) is 18.4 Å². The molecule has 3 rings (SSSR count). The van der Waals surface area contributed by atoms with Crippen LogP contribution in [0.2, 0.25) is 0 Å². The lowest BCUT2D eigenvalue weighted by molar-refractivity contribution is -0.116. The molecular formula is C19H24FN3O. The van der Waals surface area contributed by atoms with E-state index in [1.807, 2.05) is 6.07 Å². The molecule has 0 spiro atoms. The third-order valence-electron chi connectivity index (χ3n) is 4.65. The molecule has 128 valence electrons. The van der Waals surface area contributed by atoms with Crippen LogP contribution in [0.3, 0.4) is 0 Å². The second kappa shape index (κ2) is 8.08. The van der Waals surface area contributed by atoms with Crippen LogP contribution in [-0.4, -0.2) is 15.7 Å². The zero-order valence-corrected chi connectivity index (χ0v) is 13.9. The third kappa shape index (κ3) is 4.91. The highest BCUT2D eigenvalue weighted by Crippen LogP contribution is 2.27. The van der Waals surface area contributed by atoms with Gasteiger partial charge in [0.1, 0.15) is 5.82 Å². The Kier molecular flexibility index (Phi) is 5.62. The summed E-state index contributed by atoms with van der Waals surface area (Å²) in [6.45, 7) is 0.482. The summed E-state index contributed by atoms with van der Waals surface area (Å²) in [7, 11) is 0. The van der Waals surface area contributed by atoms with Crippen molar-refractivity contribution >= 4 is 11.6 Å². The number of halogens is 1. The van der Waals surface area contributed by atoms with Crippen LogP contribution in [0, 0.1) is 11.7 Å². The predicted octanol–water partition coefficient (Wildman–Crippen LogP) is 4.37. The summed E-state index contributed by atoms with van der Waals surface area (Å²) in [5, 5.41) is 7.13. The molecule has 1 heterocycles. The SMILES string of the molecule is O=C(CCC1CCCCC1)Nc1cnn(Cc2cccc(F)c2)c1. The van der Waals surface area contributed by atoms with Crippen molar-refractivity contribution in [2.75, 3.05) is 5.32 Å². The first-order valence-corrected chi connectivity index (χ1v) is 8.76. The standard InChI is InChI=1S/C19H24FN3O/c20-17-8-4-7-16(11-17)13-23-14-18(12-21-23)22-19(24)10-9-15-5-2-1-3-6-15/h4,7-8,11-12,14-15H,1-3,5-6,9-10,13H2,(H,22,24). The number of carbonyl (C=O) groups excluding carboxylic acids is 1. The molecule has 4 nitrogen and oxygen atoms in total. The fraction of sp³-hybridized carbons (Fsp3) is 0.474. The van der Waals surface area contributed by atoms with Gasteiger partial charge in [-0.25, -0.2) is 4.39 Å². The summed E-state index contributed by atoms with van der Waals surface area (Å²) in [4.78, 5) is 12.1. The van der Waals surface area contributed by atoms with Crippen molar-refractivity contribution in [2.45, 2.75) is 51.5 Å². The number of anilines is 1. The van der Waals surface area contributed by atoms with E-state index in [2.05, 4.69) is 10.4 Å². The van der Waals surface area contributed by atoms with E-state index in [1.54, 1.807) is 23.1 Å². The molecule has 1 aliphatic rings. The van der Waals surface area contributed by atoms with E-state index in [-0.39, 0.29) is 11.7 Å². The largest absolute Gasteiger partial charge is 0.323 e. The van der Waals surface area contributed by atoms with Crippen LogP contribution in [0.4, 0.5) is 10.1 Å².